The molecule has 1 aliphatic rings. The maximum Gasteiger partial charge on any atom is 0.417 e. The van der Waals surface area contributed by atoms with Crippen molar-refractivity contribution in [3.63, 3.8) is 0 Å². The van der Waals surface area contributed by atoms with Crippen molar-refractivity contribution in [1.82, 2.24) is 4.57 Å². The lowest BCUT2D eigenvalue weighted by molar-refractivity contribution is 0.0421. The number of anilines is 1. The number of rotatable bonds is 1. The average molecular weight is 311 g/mol. The molecule has 7 heteroatoms. The number of nitrogens with one attached hydrogen (secondary N) is 1. The van der Waals surface area contributed by atoms with Crippen molar-refractivity contribution in [3.05, 3.63) is 41.6 Å². The van der Waals surface area contributed by atoms with Crippen molar-refractivity contribution in [3.8, 4) is 17.3 Å². The number of hydrogen-bond donors (Lipinski definition) is 2. The number of carbonyl (C=O) groups excluding carboxylic acids is 1. The molecule has 1 aromatic heterocycles. The molecule has 116 valence electrons. The van der Waals surface area contributed by atoms with Gasteiger partial charge in [0.15, 0.2) is 0 Å². The molecule has 0 atom stereocenters. The Morgan fingerprint density at radius 2 is 2.09 bits per heavy atom. The van der Waals surface area contributed by atoms with Gasteiger partial charge in [-0.25, -0.2) is 14.2 Å². The molecule has 0 saturated heterocycles. The van der Waals surface area contributed by atoms with E-state index < -0.39 is 17.8 Å². The van der Waals surface area contributed by atoms with Crippen molar-refractivity contribution in [2.24, 2.45) is 0 Å². The number of hydrogen-bond acceptors (Lipinski definition) is 4. The van der Waals surface area contributed by atoms with Gasteiger partial charge in [-0.15, -0.1) is 0 Å². The number of amides is 1. The number of benzene rings is 1. The van der Waals surface area contributed by atoms with Crippen LogP contribution in [0.25, 0.3) is 11.3 Å². The Bertz CT molecular complexity index is 874. The predicted molar refractivity (Wildman–Crippen MR) is 81.1 cm³/mol. The Morgan fingerprint density at radius 1 is 1.35 bits per heavy atom. The number of fused-ring (bicyclic) bond motifs is 1. The number of carbonyl (C=O) groups is 2. The van der Waals surface area contributed by atoms with Crippen molar-refractivity contribution < 1.29 is 19.4 Å². The van der Waals surface area contributed by atoms with Gasteiger partial charge in [0.05, 0.1) is 11.4 Å². The average Bonchev–Trinajstić information content (AvgIpc) is 2.90. The van der Waals surface area contributed by atoms with Crippen LogP contribution in [0, 0.1) is 11.3 Å². The second-order valence-corrected chi connectivity index (χ2v) is 5.62. The van der Waals surface area contributed by atoms with Gasteiger partial charge >= 0.3 is 12.2 Å². The highest BCUT2D eigenvalue weighted by molar-refractivity contribution is 5.90. The van der Waals surface area contributed by atoms with E-state index in [0.717, 1.165) is 10.1 Å². The van der Waals surface area contributed by atoms with Gasteiger partial charge in [0.25, 0.3) is 0 Å². The summed E-state index contributed by atoms with van der Waals surface area (Å²) in [5.41, 5.74) is 1.53. The largest absolute Gasteiger partial charge is 0.464 e. The molecule has 2 heterocycles. The van der Waals surface area contributed by atoms with Crippen molar-refractivity contribution in [1.29, 1.82) is 5.26 Å². The minimum absolute atomic E-state index is 0.0361. The molecule has 0 saturated carbocycles. The van der Waals surface area contributed by atoms with E-state index in [0.29, 0.717) is 16.9 Å². The minimum atomic E-state index is -1.23. The van der Waals surface area contributed by atoms with Gasteiger partial charge in [-0.2, -0.15) is 5.26 Å². The van der Waals surface area contributed by atoms with Crippen LogP contribution in [0.5, 0.6) is 0 Å². The summed E-state index contributed by atoms with van der Waals surface area (Å²) < 4.78 is 6.20. The number of nitrogens with zero attached hydrogens (tertiary/aromatic N) is 2. The lowest BCUT2D eigenvalue weighted by Crippen LogP contribution is -2.34. The van der Waals surface area contributed by atoms with Crippen LogP contribution in [0.3, 0.4) is 0 Å². The van der Waals surface area contributed by atoms with Crippen LogP contribution in [0.4, 0.5) is 15.3 Å². The Hall–Kier alpha value is -3.27. The third-order valence-corrected chi connectivity index (χ3v) is 3.74. The molecule has 23 heavy (non-hydrogen) atoms. The lowest BCUT2D eigenvalue weighted by Gasteiger charge is -2.32. The molecule has 1 aliphatic heterocycles. The van der Waals surface area contributed by atoms with E-state index >= 15 is 0 Å². The zero-order valence-electron chi connectivity index (χ0n) is 12.5. The van der Waals surface area contributed by atoms with Gasteiger partial charge < -0.3 is 9.84 Å². The van der Waals surface area contributed by atoms with Crippen LogP contribution in [0.2, 0.25) is 0 Å². The van der Waals surface area contributed by atoms with Gasteiger partial charge in [-0.3, -0.25) is 5.32 Å². The van der Waals surface area contributed by atoms with Crippen molar-refractivity contribution >= 4 is 17.9 Å². The zero-order valence-corrected chi connectivity index (χ0v) is 12.5. The van der Waals surface area contributed by atoms with E-state index in [1.54, 1.807) is 38.1 Å². The predicted octanol–water partition coefficient (Wildman–Crippen LogP) is 3.35. The van der Waals surface area contributed by atoms with E-state index in [-0.39, 0.29) is 5.69 Å². The summed E-state index contributed by atoms with van der Waals surface area (Å²) in [6.45, 7) is 3.51. The molecule has 0 bridgehead atoms. The van der Waals surface area contributed by atoms with Crippen LogP contribution >= 0.6 is 0 Å². The van der Waals surface area contributed by atoms with Gasteiger partial charge in [-0.05, 0) is 43.7 Å². The first-order valence-corrected chi connectivity index (χ1v) is 6.83. The highest BCUT2D eigenvalue weighted by Gasteiger charge is 2.33. The molecule has 2 aromatic rings. The molecule has 7 nitrogen and oxygen atoms in total. The van der Waals surface area contributed by atoms with Crippen LogP contribution in [0.15, 0.2) is 30.3 Å². The maximum absolute atomic E-state index is 11.5. The van der Waals surface area contributed by atoms with Crippen LogP contribution in [-0.4, -0.2) is 21.9 Å². The van der Waals surface area contributed by atoms with E-state index in [4.69, 9.17) is 10.00 Å². The fourth-order valence-electron chi connectivity index (χ4n) is 2.69. The van der Waals surface area contributed by atoms with Crippen LogP contribution in [-0.2, 0) is 10.3 Å². The summed E-state index contributed by atoms with van der Waals surface area (Å²) >= 11 is 0. The Morgan fingerprint density at radius 3 is 2.74 bits per heavy atom. The van der Waals surface area contributed by atoms with E-state index in [1.807, 2.05) is 6.07 Å². The highest BCUT2D eigenvalue weighted by Crippen LogP contribution is 2.38. The maximum atomic E-state index is 11.5. The SMILES string of the molecule is CC1(C)OC(=O)Nc2ccc(-c3ccc(C#N)n3C(=O)O)cc21. The molecule has 1 amide bonds. The van der Waals surface area contributed by atoms with E-state index in [2.05, 4.69) is 5.32 Å². The van der Waals surface area contributed by atoms with Gasteiger partial charge in [0, 0.05) is 5.56 Å². The Labute approximate surface area is 131 Å². The van der Waals surface area contributed by atoms with Gasteiger partial charge in [0.1, 0.15) is 17.4 Å². The summed E-state index contributed by atoms with van der Waals surface area (Å²) in [5.74, 6) is 0. The third kappa shape index (κ3) is 2.30. The fraction of sp³-hybridized carbons (Fsp3) is 0.188. The normalized spacial score (nSPS) is 15.1. The molecule has 3 rings (SSSR count). The second-order valence-electron chi connectivity index (χ2n) is 5.62. The second kappa shape index (κ2) is 4.88. The zero-order chi connectivity index (χ0) is 16.8. The Kier molecular flexibility index (Phi) is 3.11. The number of aromatic nitrogens is 1. The molecule has 0 unspecified atom stereocenters. The molecule has 2 N–H and O–H groups in total. The van der Waals surface area contributed by atoms with Gasteiger partial charge in [-0.1, -0.05) is 6.07 Å². The molecule has 0 fully saturated rings. The van der Waals surface area contributed by atoms with Crippen LogP contribution < -0.4 is 5.32 Å². The monoisotopic (exact) mass is 311 g/mol. The number of nitriles is 1. The first kappa shape index (κ1) is 14.7. The first-order valence-electron chi connectivity index (χ1n) is 6.83. The summed E-state index contributed by atoms with van der Waals surface area (Å²) in [4.78, 5) is 23.0. The summed E-state index contributed by atoms with van der Waals surface area (Å²) in [7, 11) is 0. The molecule has 0 spiro atoms. The lowest BCUT2D eigenvalue weighted by atomic mass is 9.92. The molecular formula is C16H13N3O4. The summed E-state index contributed by atoms with van der Waals surface area (Å²) in [6, 6.07) is 10.0. The minimum Gasteiger partial charge on any atom is -0.464 e. The molecule has 0 radical (unpaired) electrons. The molecular weight excluding hydrogens is 298 g/mol. The first-order chi connectivity index (χ1) is 10.8. The van der Waals surface area contributed by atoms with Crippen LogP contribution in [0.1, 0.15) is 25.1 Å². The smallest absolute Gasteiger partial charge is 0.417 e. The number of cyclic esters (lactones) is 1. The standard InChI is InChI=1S/C16H13N3O4/c1-16(2)11-7-9(3-5-12(11)18-14(20)23-16)13-6-4-10(8-17)19(13)15(21)22/h3-7H,1-2H3,(H,18,20)(H,21,22). The topological polar surface area (TPSA) is 104 Å². The van der Waals surface area contributed by atoms with E-state index in [9.17, 15) is 14.7 Å². The molecule has 1 aromatic carbocycles. The summed E-state index contributed by atoms with van der Waals surface area (Å²) in [5, 5.41) is 21.0. The number of ether oxygens (including phenoxy) is 1. The van der Waals surface area contributed by atoms with Gasteiger partial charge in [0.2, 0.25) is 0 Å². The van der Waals surface area contributed by atoms with Crippen molar-refractivity contribution in [2.75, 3.05) is 5.32 Å². The Balaban J connectivity index is 2.18. The fourth-order valence-corrected chi connectivity index (χ4v) is 2.69. The van der Waals surface area contributed by atoms with Crippen molar-refractivity contribution in [2.45, 2.75) is 19.4 Å². The van der Waals surface area contributed by atoms with E-state index in [1.165, 1.54) is 6.07 Å². The quantitative estimate of drug-likeness (QED) is 0.840. The highest BCUT2D eigenvalue weighted by atomic mass is 16.6. The third-order valence-electron chi connectivity index (χ3n) is 3.74. The molecule has 0 aliphatic carbocycles. The number of carboxylic acid groups (broad SMARTS) is 1. The summed E-state index contributed by atoms with van der Waals surface area (Å²) in [6.07, 6.45) is -1.76.